The fourth-order valence-corrected chi connectivity index (χ4v) is 1.74. The second-order valence-electron chi connectivity index (χ2n) is 3.21. The van der Waals surface area contributed by atoms with E-state index in [1.165, 1.54) is 11.4 Å². The lowest BCUT2D eigenvalue weighted by atomic mass is 10.1. The van der Waals surface area contributed by atoms with Crippen LogP contribution in [0, 0.1) is 17.2 Å². The van der Waals surface area contributed by atoms with E-state index in [0.29, 0.717) is 12.5 Å². The molecule has 0 radical (unpaired) electrons. The van der Waals surface area contributed by atoms with Gasteiger partial charge in [-0.05, 0) is 5.92 Å². The van der Waals surface area contributed by atoms with Gasteiger partial charge in [0.2, 0.25) is 10.0 Å². The van der Waals surface area contributed by atoms with E-state index in [-0.39, 0.29) is 0 Å². The highest BCUT2D eigenvalue weighted by Gasteiger charge is 2.18. The summed E-state index contributed by atoms with van der Waals surface area (Å²) in [5.41, 5.74) is 0. The van der Waals surface area contributed by atoms with Crippen molar-refractivity contribution in [1.82, 2.24) is 4.31 Å². The summed E-state index contributed by atoms with van der Waals surface area (Å²) in [6, 6.07) is 1.65. The maximum Gasteiger partial charge on any atom is 0.227 e. The van der Waals surface area contributed by atoms with E-state index in [2.05, 4.69) is 0 Å². The molecule has 0 saturated heterocycles. The Labute approximate surface area is 80.2 Å². The predicted octanol–water partition coefficient (Wildman–Crippen LogP) is 0.818. The molecule has 0 spiro atoms. The molecule has 13 heavy (non-hydrogen) atoms. The lowest BCUT2D eigenvalue weighted by molar-refractivity contribution is 0.395. The van der Waals surface area contributed by atoms with Crippen molar-refractivity contribution in [1.29, 1.82) is 5.26 Å². The van der Waals surface area contributed by atoms with Gasteiger partial charge in [0, 0.05) is 13.6 Å². The van der Waals surface area contributed by atoms with Crippen molar-refractivity contribution >= 4 is 10.0 Å². The number of hydrogen-bond acceptors (Lipinski definition) is 3. The molecule has 1 atom stereocenters. The van der Waals surface area contributed by atoms with Crippen molar-refractivity contribution in [2.75, 3.05) is 19.3 Å². The molecule has 0 fully saturated rings. The number of rotatable bonds is 5. The van der Waals surface area contributed by atoms with Gasteiger partial charge in [0.25, 0.3) is 0 Å². The predicted molar refractivity (Wildman–Crippen MR) is 51.5 cm³/mol. The molecule has 0 N–H and O–H groups in total. The van der Waals surface area contributed by atoms with E-state index >= 15 is 0 Å². The Kier molecular flexibility index (Phi) is 4.96. The topological polar surface area (TPSA) is 61.2 Å². The molecule has 0 rings (SSSR count). The van der Waals surface area contributed by atoms with Crippen LogP contribution in [-0.4, -0.2) is 32.1 Å². The molecule has 4 nitrogen and oxygen atoms in total. The van der Waals surface area contributed by atoms with Crippen LogP contribution in [0.5, 0.6) is 0 Å². The van der Waals surface area contributed by atoms with Crippen LogP contribution in [0.4, 0.5) is 0 Å². The normalized spacial score (nSPS) is 14.1. The Balaban J connectivity index is 4.27. The average Bonchev–Trinajstić information content (AvgIpc) is 2.04. The number of sulfonamides is 1. The second kappa shape index (κ2) is 5.20. The monoisotopic (exact) mass is 204 g/mol. The van der Waals surface area contributed by atoms with E-state index < -0.39 is 15.8 Å². The number of nitrogens with zero attached hydrogens (tertiary/aromatic N) is 2. The van der Waals surface area contributed by atoms with Gasteiger partial charge >= 0.3 is 0 Å². The minimum Gasteiger partial charge on any atom is -0.211 e. The van der Waals surface area contributed by atoms with Gasteiger partial charge in [-0.15, -0.1) is 0 Å². The molecule has 0 aromatic heterocycles. The van der Waals surface area contributed by atoms with E-state index in [1.807, 2.05) is 13.8 Å². The van der Waals surface area contributed by atoms with Crippen LogP contribution in [0.3, 0.4) is 0 Å². The van der Waals surface area contributed by atoms with Crippen LogP contribution in [0.25, 0.3) is 0 Å². The van der Waals surface area contributed by atoms with Gasteiger partial charge in [-0.2, -0.15) is 5.26 Å². The molecule has 0 aliphatic rings. The average molecular weight is 204 g/mol. The Bertz CT molecular complexity index is 279. The van der Waals surface area contributed by atoms with Crippen LogP contribution < -0.4 is 0 Å². The minimum absolute atomic E-state index is 0.332. The van der Waals surface area contributed by atoms with Crippen molar-refractivity contribution in [2.45, 2.75) is 20.3 Å². The van der Waals surface area contributed by atoms with Gasteiger partial charge in [-0.25, -0.2) is 12.7 Å². The van der Waals surface area contributed by atoms with E-state index in [0.717, 1.165) is 6.42 Å². The molecule has 0 bridgehead atoms. The van der Waals surface area contributed by atoms with Crippen LogP contribution >= 0.6 is 0 Å². The minimum atomic E-state index is -3.34. The zero-order valence-electron chi connectivity index (χ0n) is 8.32. The van der Waals surface area contributed by atoms with Gasteiger partial charge in [0.1, 0.15) is 0 Å². The van der Waals surface area contributed by atoms with Crippen molar-refractivity contribution in [3.63, 3.8) is 0 Å². The van der Waals surface area contributed by atoms with Gasteiger partial charge in [0.05, 0.1) is 6.07 Å². The zero-order chi connectivity index (χ0) is 10.5. The highest BCUT2D eigenvalue weighted by molar-refractivity contribution is 7.89. The summed E-state index contributed by atoms with van der Waals surface area (Å²) in [4.78, 5) is 0. The summed E-state index contributed by atoms with van der Waals surface area (Å²) in [5, 5.41) is 8.29. The van der Waals surface area contributed by atoms with E-state index in [9.17, 15) is 8.42 Å². The summed E-state index contributed by atoms with van der Waals surface area (Å²) in [5.74, 6) is -0.0987. The molecule has 0 heterocycles. The third kappa shape index (κ3) is 4.25. The smallest absolute Gasteiger partial charge is 0.211 e. The summed E-state index contributed by atoms with van der Waals surface area (Å²) in [6.07, 6.45) is 0.937. The highest BCUT2D eigenvalue weighted by atomic mass is 32.2. The Morgan fingerprint density at radius 3 is 2.46 bits per heavy atom. The zero-order valence-corrected chi connectivity index (χ0v) is 9.13. The third-order valence-corrected chi connectivity index (χ3v) is 3.58. The molecule has 1 unspecified atom stereocenters. The molecule has 0 aliphatic carbocycles. The van der Waals surface area contributed by atoms with Crippen molar-refractivity contribution in [2.24, 2.45) is 5.92 Å². The first-order chi connectivity index (χ1) is 5.94. The fraction of sp³-hybridized carbons (Fsp3) is 0.875. The molecule has 76 valence electrons. The molecule has 0 amide bonds. The molecule has 0 aliphatic heterocycles. The first kappa shape index (κ1) is 12.4. The first-order valence-corrected chi connectivity index (χ1v) is 5.86. The maximum absolute atomic E-state index is 11.3. The van der Waals surface area contributed by atoms with Crippen molar-refractivity contribution in [3.8, 4) is 6.07 Å². The SMILES string of the molecule is CCC(C)CN(C)S(=O)(=O)CC#N. The Morgan fingerprint density at radius 1 is 1.54 bits per heavy atom. The van der Waals surface area contributed by atoms with Crippen LogP contribution in [0.2, 0.25) is 0 Å². The standard InChI is InChI=1S/C8H16N2O2S/c1-4-8(2)7-10(3)13(11,12)6-5-9/h8H,4,6-7H2,1-3H3. The number of nitriles is 1. The molecule has 0 saturated carbocycles. The lowest BCUT2D eigenvalue weighted by Crippen LogP contribution is -2.32. The molecule has 0 aromatic carbocycles. The lowest BCUT2D eigenvalue weighted by Gasteiger charge is -2.18. The van der Waals surface area contributed by atoms with Gasteiger partial charge in [0.15, 0.2) is 5.75 Å². The van der Waals surface area contributed by atoms with Crippen molar-refractivity contribution < 1.29 is 8.42 Å². The van der Waals surface area contributed by atoms with Crippen LogP contribution in [0.1, 0.15) is 20.3 Å². The molecular formula is C8H16N2O2S. The largest absolute Gasteiger partial charge is 0.227 e. The fourth-order valence-electron chi connectivity index (χ4n) is 0.873. The highest BCUT2D eigenvalue weighted by Crippen LogP contribution is 2.06. The quantitative estimate of drug-likeness (QED) is 0.666. The number of hydrogen-bond donors (Lipinski definition) is 0. The van der Waals surface area contributed by atoms with Gasteiger partial charge in [-0.1, -0.05) is 20.3 Å². The summed E-state index contributed by atoms with van der Waals surface area (Å²) < 4.78 is 23.8. The van der Waals surface area contributed by atoms with Gasteiger partial charge in [-0.3, -0.25) is 0 Å². The summed E-state index contributed by atoms with van der Waals surface area (Å²) >= 11 is 0. The van der Waals surface area contributed by atoms with E-state index in [4.69, 9.17) is 5.26 Å². The Morgan fingerprint density at radius 2 is 2.08 bits per heavy atom. The van der Waals surface area contributed by atoms with E-state index in [1.54, 1.807) is 6.07 Å². The third-order valence-electron chi connectivity index (χ3n) is 1.99. The molecule has 0 aromatic rings. The first-order valence-electron chi connectivity index (χ1n) is 4.25. The Hall–Kier alpha value is -0.600. The maximum atomic E-state index is 11.3. The summed E-state index contributed by atoms with van der Waals surface area (Å²) in [6.45, 7) is 4.48. The van der Waals surface area contributed by atoms with Crippen LogP contribution in [0.15, 0.2) is 0 Å². The van der Waals surface area contributed by atoms with Gasteiger partial charge < -0.3 is 0 Å². The van der Waals surface area contributed by atoms with Crippen molar-refractivity contribution in [3.05, 3.63) is 0 Å². The summed E-state index contributed by atoms with van der Waals surface area (Å²) in [7, 11) is -1.83. The second-order valence-corrected chi connectivity index (χ2v) is 5.28. The van der Waals surface area contributed by atoms with Crippen LogP contribution in [-0.2, 0) is 10.0 Å². The molecule has 5 heteroatoms. The molecular weight excluding hydrogens is 188 g/mol.